The second-order valence-electron chi connectivity index (χ2n) is 6.66. The lowest BCUT2D eigenvalue weighted by Gasteiger charge is -2.28. The van der Waals surface area contributed by atoms with Gasteiger partial charge in [-0.1, -0.05) is 30.3 Å². The van der Waals surface area contributed by atoms with Crippen molar-refractivity contribution in [2.45, 2.75) is 20.0 Å². The smallest absolute Gasteiger partial charge is 0.159 e. The Morgan fingerprint density at radius 2 is 1.84 bits per heavy atom. The molecule has 5 rings (SSSR count). The Morgan fingerprint density at radius 1 is 1.00 bits per heavy atom. The first-order valence-electron chi connectivity index (χ1n) is 8.55. The van der Waals surface area contributed by atoms with Crippen molar-refractivity contribution in [3.8, 4) is 0 Å². The van der Waals surface area contributed by atoms with Crippen molar-refractivity contribution in [1.29, 1.82) is 0 Å². The molecule has 1 aliphatic heterocycles. The summed E-state index contributed by atoms with van der Waals surface area (Å²) in [5.74, 6) is 1.00. The predicted molar refractivity (Wildman–Crippen MR) is 103 cm³/mol. The van der Waals surface area contributed by atoms with E-state index in [-0.39, 0.29) is 6.17 Å². The van der Waals surface area contributed by atoms with E-state index < -0.39 is 0 Å². The lowest BCUT2D eigenvalue weighted by molar-refractivity contribution is 0.661. The molecule has 0 fully saturated rings. The Kier molecular flexibility index (Phi) is 2.86. The number of benzene rings is 2. The van der Waals surface area contributed by atoms with Crippen LogP contribution in [0.2, 0.25) is 0 Å². The first-order valence-corrected chi connectivity index (χ1v) is 8.55. The summed E-state index contributed by atoms with van der Waals surface area (Å²) < 4.78 is 6.29. The van der Waals surface area contributed by atoms with Crippen LogP contribution in [0.4, 0.5) is 17.2 Å². The molecule has 2 aromatic carbocycles. The third-order valence-corrected chi connectivity index (χ3v) is 5.26. The molecule has 2 aromatic heterocycles. The van der Waals surface area contributed by atoms with E-state index >= 15 is 0 Å². The van der Waals surface area contributed by atoms with E-state index in [1.165, 1.54) is 5.56 Å². The number of para-hydroxylation sites is 1. The Hall–Kier alpha value is -3.01. The molecular formula is C21H19N3O. The maximum atomic E-state index is 6.29. The minimum absolute atomic E-state index is 0.169. The van der Waals surface area contributed by atoms with Crippen molar-refractivity contribution in [1.82, 2.24) is 4.98 Å². The molecule has 3 heterocycles. The normalized spacial score (nSPS) is 16.8. The van der Waals surface area contributed by atoms with Gasteiger partial charge in [-0.25, -0.2) is 4.98 Å². The summed E-state index contributed by atoms with van der Waals surface area (Å²) in [5, 5.41) is 2.31. The van der Waals surface area contributed by atoms with Crippen molar-refractivity contribution in [3.05, 3.63) is 60.3 Å². The number of hydrogen-bond acceptors (Lipinski definition) is 4. The molecule has 0 spiro atoms. The highest BCUT2D eigenvalue weighted by Gasteiger charge is 2.35. The molecule has 25 heavy (non-hydrogen) atoms. The number of aryl methyl sites for hydroxylation is 1. The number of aromatic nitrogens is 1. The van der Waals surface area contributed by atoms with E-state index in [9.17, 15) is 0 Å². The van der Waals surface area contributed by atoms with Crippen LogP contribution in [-0.2, 0) is 0 Å². The molecule has 4 aromatic rings. The summed E-state index contributed by atoms with van der Waals surface area (Å²) in [6.45, 7) is 4.34. The van der Waals surface area contributed by atoms with Crippen LogP contribution >= 0.6 is 0 Å². The Bertz CT molecular complexity index is 1110. The molecule has 0 radical (unpaired) electrons. The zero-order chi connectivity index (χ0) is 17.1. The largest absolute Gasteiger partial charge is 0.454 e. The van der Waals surface area contributed by atoms with Crippen LogP contribution < -0.4 is 9.80 Å². The SMILES string of the molecule is Cc1ccc2c(oc3ccccc32)c1N1c2cccnc2N(C)C1C. The predicted octanol–water partition coefficient (Wildman–Crippen LogP) is 5.22. The summed E-state index contributed by atoms with van der Waals surface area (Å²) in [6.07, 6.45) is 2.02. The van der Waals surface area contributed by atoms with E-state index in [4.69, 9.17) is 4.42 Å². The summed E-state index contributed by atoms with van der Waals surface area (Å²) in [4.78, 5) is 9.11. The number of anilines is 3. The van der Waals surface area contributed by atoms with Crippen molar-refractivity contribution >= 4 is 39.1 Å². The van der Waals surface area contributed by atoms with Gasteiger partial charge in [-0.15, -0.1) is 0 Å². The molecule has 0 bridgehead atoms. The fourth-order valence-corrected chi connectivity index (χ4v) is 3.88. The summed E-state index contributed by atoms with van der Waals surface area (Å²) >= 11 is 0. The summed E-state index contributed by atoms with van der Waals surface area (Å²) in [7, 11) is 2.09. The highest BCUT2D eigenvalue weighted by Crippen LogP contribution is 2.46. The van der Waals surface area contributed by atoms with Crippen LogP contribution in [0.3, 0.4) is 0 Å². The van der Waals surface area contributed by atoms with Crippen molar-refractivity contribution in [3.63, 3.8) is 0 Å². The van der Waals surface area contributed by atoms with E-state index in [2.05, 4.69) is 66.0 Å². The molecule has 0 aliphatic carbocycles. The molecule has 4 nitrogen and oxygen atoms in total. The minimum Gasteiger partial charge on any atom is -0.454 e. The van der Waals surface area contributed by atoms with Gasteiger partial charge in [0, 0.05) is 24.0 Å². The minimum atomic E-state index is 0.169. The topological polar surface area (TPSA) is 32.5 Å². The average Bonchev–Trinajstić information content (AvgIpc) is 3.12. The van der Waals surface area contributed by atoms with Gasteiger partial charge in [-0.2, -0.15) is 0 Å². The van der Waals surface area contributed by atoms with Crippen LogP contribution in [0.5, 0.6) is 0 Å². The van der Waals surface area contributed by atoms with E-state index in [0.717, 1.165) is 39.1 Å². The van der Waals surface area contributed by atoms with E-state index in [0.29, 0.717) is 0 Å². The Balaban J connectivity index is 1.85. The maximum absolute atomic E-state index is 6.29. The van der Waals surface area contributed by atoms with Gasteiger partial charge in [0.2, 0.25) is 0 Å². The third-order valence-electron chi connectivity index (χ3n) is 5.26. The van der Waals surface area contributed by atoms with Crippen molar-refractivity contribution < 1.29 is 4.42 Å². The molecule has 0 amide bonds. The van der Waals surface area contributed by atoms with Gasteiger partial charge < -0.3 is 14.2 Å². The number of fused-ring (bicyclic) bond motifs is 4. The fraction of sp³-hybridized carbons (Fsp3) is 0.190. The molecule has 4 heteroatoms. The monoisotopic (exact) mass is 329 g/mol. The molecule has 1 unspecified atom stereocenters. The van der Waals surface area contributed by atoms with Crippen molar-refractivity contribution in [2.24, 2.45) is 0 Å². The van der Waals surface area contributed by atoms with Crippen LogP contribution in [0, 0.1) is 6.92 Å². The lowest BCUT2D eigenvalue weighted by atomic mass is 10.1. The highest BCUT2D eigenvalue weighted by atomic mass is 16.3. The first-order chi connectivity index (χ1) is 12.2. The standard InChI is InChI=1S/C21H19N3O/c1-13-10-11-16-15-7-4-5-9-18(15)25-20(16)19(13)24-14(2)23(3)21-17(24)8-6-12-22-21/h4-12,14H,1-3H3. The zero-order valence-electron chi connectivity index (χ0n) is 14.5. The quantitative estimate of drug-likeness (QED) is 0.479. The van der Waals surface area contributed by atoms with Gasteiger partial charge in [-0.05, 0) is 37.6 Å². The number of nitrogens with zero attached hydrogens (tertiary/aromatic N) is 3. The Morgan fingerprint density at radius 3 is 2.72 bits per heavy atom. The number of furan rings is 1. The fourth-order valence-electron chi connectivity index (χ4n) is 3.88. The molecule has 0 saturated carbocycles. The second kappa shape index (κ2) is 4.99. The van der Waals surface area contributed by atoms with Gasteiger partial charge in [-0.3, -0.25) is 0 Å². The van der Waals surface area contributed by atoms with Crippen LogP contribution in [-0.4, -0.2) is 18.2 Å². The molecule has 124 valence electrons. The van der Waals surface area contributed by atoms with Gasteiger partial charge in [0.15, 0.2) is 11.4 Å². The van der Waals surface area contributed by atoms with Crippen LogP contribution in [0.1, 0.15) is 12.5 Å². The van der Waals surface area contributed by atoms with Gasteiger partial charge in [0.1, 0.15) is 11.7 Å². The maximum Gasteiger partial charge on any atom is 0.159 e. The van der Waals surface area contributed by atoms with Gasteiger partial charge >= 0.3 is 0 Å². The van der Waals surface area contributed by atoms with Crippen LogP contribution in [0.15, 0.2) is 59.1 Å². The molecule has 1 atom stereocenters. The lowest BCUT2D eigenvalue weighted by Crippen LogP contribution is -2.36. The number of hydrogen-bond donors (Lipinski definition) is 0. The summed E-state index contributed by atoms with van der Waals surface area (Å²) in [6, 6.07) is 16.7. The second-order valence-corrected chi connectivity index (χ2v) is 6.66. The van der Waals surface area contributed by atoms with Crippen molar-refractivity contribution in [2.75, 3.05) is 16.8 Å². The van der Waals surface area contributed by atoms with Gasteiger partial charge in [0.05, 0.1) is 11.4 Å². The third kappa shape index (κ3) is 1.85. The number of rotatable bonds is 1. The van der Waals surface area contributed by atoms with Gasteiger partial charge in [0.25, 0.3) is 0 Å². The zero-order valence-corrected chi connectivity index (χ0v) is 14.5. The van der Waals surface area contributed by atoms with E-state index in [1.54, 1.807) is 0 Å². The molecule has 1 aliphatic rings. The number of pyridine rings is 1. The summed E-state index contributed by atoms with van der Waals surface area (Å²) in [5.41, 5.74) is 5.31. The van der Waals surface area contributed by atoms with E-state index in [1.807, 2.05) is 24.4 Å². The highest BCUT2D eigenvalue weighted by molar-refractivity contribution is 6.10. The molecular weight excluding hydrogens is 310 g/mol. The molecule has 0 N–H and O–H groups in total. The van der Waals surface area contributed by atoms with Crippen LogP contribution in [0.25, 0.3) is 21.9 Å². The first kappa shape index (κ1) is 14.3. The average molecular weight is 329 g/mol. The Labute approximate surface area is 146 Å². The molecule has 0 saturated heterocycles.